The number of aromatic hydroxyl groups is 1. The molecular weight excluding hydrogens is 302 g/mol. The molecule has 1 aliphatic carbocycles. The predicted octanol–water partition coefficient (Wildman–Crippen LogP) is 3.54. The lowest BCUT2D eigenvalue weighted by Crippen LogP contribution is -2.22. The minimum absolute atomic E-state index is 0.155. The Morgan fingerprint density at radius 3 is 2.45 bits per heavy atom. The highest BCUT2D eigenvalue weighted by atomic mass is 32.2. The molecular formula is C16H19NO4S. The Hall–Kier alpha value is -1.79. The van der Waals surface area contributed by atoms with Crippen LogP contribution in [0.25, 0.3) is 10.8 Å². The zero-order valence-electron chi connectivity index (χ0n) is 12.1. The van der Waals surface area contributed by atoms with E-state index in [1.165, 1.54) is 25.3 Å². The zero-order valence-corrected chi connectivity index (χ0v) is 12.9. The van der Waals surface area contributed by atoms with Gasteiger partial charge in [-0.25, -0.2) is 0 Å². The van der Waals surface area contributed by atoms with Gasteiger partial charge < -0.3 is 10.4 Å². The van der Waals surface area contributed by atoms with Crippen molar-refractivity contribution in [3.05, 3.63) is 30.3 Å². The van der Waals surface area contributed by atoms with Crippen LogP contribution in [-0.4, -0.2) is 24.1 Å². The summed E-state index contributed by atoms with van der Waals surface area (Å²) < 4.78 is 31.5. The van der Waals surface area contributed by atoms with E-state index in [2.05, 4.69) is 5.32 Å². The molecule has 1 fully saturated rings. The van der Waals surface area contributed by atoms with Gasteiger partial charge in [0, 0.05) is 23.2 Å². The summed E-state index contributed by atoms with van der Waals surface area (Å²) in [7, 11) is -4.33. The van der Waals surface area contributed by atoms with E-state index in [-0.39, 0.29) is 10.6 Å². The van der Waals surface area contributed by atoms with Crippen LogP contribution in [0, 0.1) is 0 Å². The number of phenols is 1. The van der Waals surface area contributed by atoms with Crippen molar-refractivity contribution in [1.29, 1.82) is 0 Å². The number of rotatable bonds is 3. The van der Waals surface area contributed by atoms with Crippen LogP contribution in [0.3, 0.4) is 0 Å². The SMILES string of the molecule is O=S(=O)(O)c1cc(O)c2cc(NC3CCCCC3)ccc2c1. The van der Waals surface area contributed by atoms with Crippen LogP contribution < -0.4 is 5.32 Å². The molecule has 0 bridgehead atoms. The molecule has 0 amide bonds. The number of fused-ring (bicyclic) bond motifs is 1. The van der Waals surface area contributed by atoms with E-state index in [1.807, 2.05) is 12.1 Å². The van der Waals surface area contributed by atoms with Gasteiger partial charge in [-0.1, -0.05) is 25.3 Å². The van der Waals surface area contributed by atoms with Crippen molar-refractivity contribution in [2.45, 2.75) is 43.0 Å². The Bertz CT molecular complexity index is 795. The summed E-state index contributed by atoms with van der Waals surface area (Å²) in [6.07, 6.45) is 6.04. The maximum atomic E-state index is 11.2. The molecule has 1 saturated carbocycles. The maximum absolute atomic E-state index is 11.2. The van der Waals surface area contributed by atoms with E-state index in [4.69, 9.17) is 4.55 Å². The van der Waals surface area contributed by atoms with Crippen molar-refractivity contribution in [3.8, 4) is 5.75 Å². The lowest BCUT2D eigenvalue weighted by atomic mass is 9.95. The van der Waals surface area contributed by atoms with E-state index < -0.39 is 10.1 Å². The monoisotopic (exact) mass is 321 g/mol. The molecule has 0 unspecified atom stereocenters. The quantitative estimate of drug-likeness (QED) is 0.753. The molecule has 0 spiro atoms. The molecule has 0 aliphatic heterocycles. The average Bonchev–Trinajstić information content (AvgIpc) is 2.48. The molecule has 6 heteroatoms. The van der Waals surface area contributed by atoms with Crippen LogP contribution in [-0.2, 0) is 10.1 Å². The third-order valence-corrected chi connectivity index (χ3v) is 5.01. The molecule has 22 heavy (non-hydrogen) atoms. The van der Waals surface area contributed by atoms with E-state index in [0.29, 0.717) is 16.8 Å². The highest BCUT2D eigenvalue weighted by Gasteiger charge is 2.15. The molecule has 5 nitrogen and oxygen atoms in total. The van der Waals surface area contributed by atoms with E-state index >= 15 is 0 Å². The fraction of sp³-hybridized carbons (Fsp3) is 0.375. The average molecular weight is 321 g/mol. The van der Waals surface area contributed by atoms with Gasteiger partial charge in [0.25, 0.3) is 10.1 Å². The first kappa shape index (κ1) is 15.1. The Labute approximate surface area is 129 Å². The van der Waals surface area contributed by atoms with Crippen molar-refractivity contribution < 1.29 is 18.1 Å². The van der Waals surface area contributed by atoms with Crippen LogP contribution in [0.2, 0.25) is 0 Å². The van der Waals surface area contributed by atoms with Crippen LogP contribution in [0.5, 0.6) is 5.75 Å². The topological polar surface area (TPSA) is 86.6 Å². The first-order chi connectivity index (χ1) is 10.4. The molecule has 1 aliphatic rings. The van der Waals surface area contributed by atoms with E-state index in [0.717, 1.165) is 24.6 Å². The summed E-state index contributed by atoms with van der Waals surface area (Å²) in [5.74, 6) is -0.155. The predicted molar refractivity (Wildman–Crippen MR) is 85.9 cm³/mol. The zero-order chi connectivity index (χ0) is 15.7. The highest BCUT2D eigenvalue weighted by Crippen LogP contribution is 2.31. The lowest BCUT2D eigenvalue weighted by Gasteiger charge is -2.24. The molecule has 0 heterocycles. The third-order valence-electron chi connectivity index (χ3n) is 4.18. The van der Waals surface area contributed by atoms with Gasteiger partial charge in [-0.3, -0.25) is 4.55 Å². The number of nitrogens with one attached hydrogen (secondary N) is 1. The Morgan fingerprint density at radius 1 is 1.05 bits per heavy atom. The number of hydrogen-bond donors (Lipinski definition) is 3. The first-order valence-corrected chi connectivity index (χ1v) is 8.88. The van der Waals surface area contributed by atoms with Gasteiger partial charge >= 0.3 is 0 Å². The normalized spacial score (nSPS) is 16.8. The summed E-state index contributed by atoms with van der Waals surface area (Å²) >= 11 is 0. The largest absolute Gasteiger partial charge is 0.507 e. The second-order valence-corrected chi connectivity index (χ2v) is 7.25. The van der Waals surface area contributed by atoms with Gasteiger partial charge in [0.2, 0.25) is 0 Å². The van der Waals surface area contributed by atoms with Crippen LogP contribution in [0.4, 0.5) is 5.69 Å². The molecule has 2 aromatic rings. The van der Waals surface area contributed by atoms with Gasteiger partial charge in [0.15, 0.2) is 0 Å². The van der Waals surface area contributed by atoms with Crippen molar-refractivity contribution in [2.75, 3.05) is 5.32 Å². The van der Waals surface area contributed by atoms with Gasteiger partial charge in [-0.2, -0.15) is 8.42 Å². The fourth-order valence-corrected chi connectivity index (χ4v) is 3.57. The molecule has 0 saturated heterocycles. The molecule has 0 radical (unpaired) electrons. The van der Waals surface area contributed by atoms with Crippen LogP contribution >= 0.6 is 0 Å². The first-order valence-electron chi connectivity index (χ1n) is 7.44. The Balaban J connectivity index is 1.94. The summed E-state index contributed by atoms with van der Waals surface area (Å²) in [5.41, 5.74) is 0.911. The van der Waals surface area contributed by atoms with Crippen molar-refractivity contribution in [3.63, 3.8) is 0 Å². The Morgan fingerprint density at radius 2 is 1.77 bits per heavy atom. The number of anilines is 1. The van der Waals surface area contributed by atoms with Gasteiger partial charge in [-0.05, 0) is 36.4 Å². The molecule has 0 aromatic heterocycles. The van der Waals surface area contributed by atoms with Crippen LogP contribution in [0.1, 0.15) is 32.1 Å². The smallest absolute Gasteiger partial charge is 0.294 e. The van der Waals surface area contributed by atoms with Crippen molar-refractivity contribution in [2.24, 2.45) is 0 Å². The molecule has 2 aromatic carbocycles. The summed E-state index contributed by atoms with van der Waals surface area (Å²) in [6.45, 7) is 0. The van der Waals surface area contributed by atoms with E-state index in [1.54, 1.807) is 6.07 Å². The summed E-state index contributed by atoms with van der Waals surface area (Å²) in [6, 6.07) is 8.30. The molecule has 118 valence electrons. The number of hydrogen-bond acceptors (Lipinski definition) is 4. The third kappa shape index (κ3) is 3.18. The minimum Gasteiger partial charge on any atom is -0.507 e. The van der Waals surface area contributed by atoms with Crippen LogP contribution in [0.15, 0.2) is 35.2 Å². The van der Waals surface area contributed by atoms with Gasteiger partial charge in [0.05, 0.1) is 4.90 Å². The molecule has 3 rings (SSSR count). The fourth-order valence-electron chi connectivity index (χ4n) is 3.03. The van der Waals surface area contributed by atoms with Gasteiger partial charge in [-0.15, -0.1) is 0 Å². The van der Waals surface area contributed by atoms with E-state index in [9.17, 15) is 13.5 Å². The second kappa shape index (κ2) is 5.78. The summed E-state index contributed by atoms with van der Waals surface area (Å²) in [5, 5.41) is 14.6. The number of phenolic OH excluding ortho intramolecular Hbond substituents is 1. The lowest BCUT2D eigenvalue weighted by molar-refractivity contribution is 0.462. The number of benzene rings is 2. The molecule has 0 atom stereocenters. The Kier molecular flexibility index (Phi) is 3.97. The van der Waals surface area contributed by atoms with Crippen molar-refractivity contribution >= 4 is 26.6 Å². The maximum Gasteiger partial charge on any atom is 0.294 e. The highest BCUT2D eigenvalue weighted by molar-refractivity contribution is 7.85. The minimum atomic E-state index is -4.33. The summed E-state index contributed by atoms with van der Waals surface area (Å²) in [4.78, 5) is -0.300. The standard InChI is InChI=1S/C16H19NO4S/c18-16-10-14(22(19,20)21)8-11-6-7-13(9-15(11)16)17-12-4-2-1-3-5-12/h6-10,12,17-18H,1-5H2,(H,19,20,21). The second-order valence-electron chi connectivity index (χ2n) is 5.83. The molecule has 3 N–H and O–H groups in total. The van der Waals surface area contributed by atoms with Gasteiger partial charge in [0.1, 0.15) is 5.75 Å². The van der Waals surface area contributed by atoms with Crippen molar-refractivity contribution in [1.82, 2.24) is 0 Å².